The van der Waals surface area contributed by atoms with Crippen LogP contribution in [-0.2, 0) is 4.79 Å². The third-order valence-corrected chi connectivity index (χ3v) is 7.43. The fourth-order valence-electron chi connectivity index (χ4n) is 4.87. The van der Waals surface area contributed by atoms with Gasteiger partial charge in [0, 0.05) is 43.6 Å². The van der Waals surface area contributed by atoms with E-state index in [1.165, 1.54) is 17.7 Å². The third kappa shape index (κ3) is 4.21. The second-order valence-corrected chi connectivity index (χ2v) is 9.59. The molecule has 0 aliphatic carbocycles. The highest BCUT2D eigenvalue weighted by Crippen LogP contribution is 2.27. The van der Waals surface area contributed by atoms with Crippen LogP contribution in [0.5, 0.6) is 0 Å². The van der Waals surface area contributed by atoms with Crippen LogP contribution in [0.15, 0.2) is 12.1 Å². The van der Waals surface area contributed by atoms with Gasteiger partial charge in [0.1, 0.15) is 0 Å². The van der Waals surface area contributed by atoms with Crippen LogP contribution in [0.25, 0.3) is 0 Å². The van der Waals surface area contributed by atoms with E-state index >= 15 is 0 Å². The van der Waals surface area contributed by atoms with Gasteiger partial charge in [-0.2, -0.15) is 0 Å². The van der Waals surface area contributed by atoms with E-state index in [0.29, 0.717) is 11.9 Å². The van der Waals surface area contributed by atoms with Crippen molar-refractivity contribution in [2.24, 2.45) is 5.92 Å². The molecule has 6 heteroatoms. The molecular formula is C21H31N3O2S. The summed E-state index contributed by atoms with van der Waals surface area (Å²) in [7, 11) is 0. The molecule has 1 atom stereocenters. The summed E-state index contributed by atoms with van der Waals surface area (Å²) in [5.74, 6) is 0.760. The molecule has 0 aromatic carbocycles. The lowest BCUT2D eigenvalue weighted by Crippen LogP contribution is -2.51. The van der Waals surface area contributed by atoms with Gasteiger partial charge < -0.3 is 9.80 Å². The summed E-state index contributed by atoms with van der Waals surface area (Å²) >= 11 is 1.59. The SMILES string of the molecule is Cc1ccc(C(=O)N2CCC(N3CCC[C@H](C(=O)N4CCCC4)C3)CC2)s1. The van der Waals surface area contributed by atoms with E-state index in [0.717, 1.165) is 69.8 Å². The zero-order valence-electron chi connectivity index (χ0n) is 16.4. The summed E-state index contributed by atoms with van der Waals surface area (Å²) in [5.41, 5.74) is 0. The van der Waals surface area contributed by atoms with Gasteiger partial charge in [-0.25, -0.2) is 0 Å². The fourth-order valence-corrected chi connectivity index (χ4v) is 5.71. The molecule has 1 aromatic rings. The molecule has 3 fully saturated rings. The molecule has 27 heavy (non-hydrogen) atoms. The first-order valence-electron chi connectivity index (χ1n) is 10.5. The molecule has 1 aromatic heterocycles. The normalized spacial score (nSPS) is 25.1. The Morgan fingerprint density at radius 3 is 2.33 bits per heavy atom. The number of thiophene rings is 1. The van der Waals surface area contributed by atoms with Gasteiger partial charge in [0.15, 0.2) is 0 Å². The molecule has 0 unspecified atom stereocenters. The van der Waals surface area contributed by atoms with Crippen LogP contribution in [0.3, 0.4) is 0 Å². The predicted molar refractivity (Wildman–Crippen MR) is 108 cm³/mol. The first kappa shape index (κ1) is 18.9. The van der Waals surface area contributed by atoms with Gasteiger partial charge in [0.05, 0.1) is 10.8 Å². The van der Waals surface area contributed by atoms with Crippen LogP contribution in [0, 0.1) is 12.8 Å². The van der Waals surface area contributed by atoms with Gasteiger partial charge in [-0.3, -0.25) is 14.5 Å². The molecule has 2 amide bonds. The van der Waals surface area contributed by atoms with Crippen LogP contribution < -0.4 is 0 Å². The smallest absolute Gasteiger partial charge is 0.263 e. The molecule has 5 nitrogen and oxygen atoms in total. The molecule has 0 spiro atoms. The van der Waals surface area contributed by atoms with Crippen molar-refractivity contribution in [3.63, 3.8) is 0 Å². The molecule has 0 radical (unpaired) electrons. The zero-order chi connectivity index (χ0) is 18.8. The lowest BCUT2D eigenvalue weighted by atomic mass is 9.93. The van der Waals surface area contributed by atoms with Crippen molar-refractivity contribution < 1.29 is 9.59 Å². The molecule has 3 aliphatic rings. The largest absolute Gasteiger partial charge is 0.342 e. The average Bonchev–Trinajstić information content (AvgIpc) is 3.39. The summed E-state index contributed by atoms with van der Waals surface area (Å²) in [6, 6.07) is 4.50. The van der Waals surface area contributed by atoms with E-state index < -0.39 is 0 Å². The van der Waals surface area contributed by atoms with E-state index in [4.69, 9.17) is 0 Å². The minimum Gasteiger partial charge on any atom is -0.342 e. The van der Waals surface area contributed by atoms with E-state index in [1.807, 2.05) is 24.0 Å². The highest BCUT2D eigenvalue weighted by atomic mass is 32.1. The number of amides is 2. The summed E-state index contributed by atoms with van der Waals surface area (Å²) in [6.07, 6.45) is 6.55. The number of carbonyl (C=O) groups excluding carboxylic acids is 2. The molecule has 4 heterocycles. The number of piperidine rings is 2. The zero-order valence-corrected chi connectivity index (χ0v) is 17.2. The standard InChI is InChI=1S/C21H31N3O2S/c1-16-6-7-19(27-16)21(26)23-13-8-18(9-14-23)24-12-4-5-17(15-24)20(25)22-10-2-3-11-22/h6-7,17-18H,2-5,8-15H2,1H3/t17-/m0/s1. The number of hydrogen-bond acceptors (Lipinski definition) is 4. The van der Waals surface area contributed by atoms with Gasteiger partial charge in [-0.1, -0.05) is 0 Å². The third-order valence-electron chi connectivity index (χ3n) is 6.44. The number of rotatable bonds is 3. The number of nitrogens with zero attached hydrogens (tertiary/aromatic N) is 3. The molecule has 148 valence electrons. The summed E-state index contributed by atoms with van der Waals surface area (Å²) in [6.45, 7) is 7.65. The van der Waals surface area contributed by atoms with Gasteiger partial charge in [-0.15, -0.1) is 11.3 Å². The first-order valence-corrected chi connectivity index (χ1v) is 11.3. The molecule has 0 bridgehead atoms. The Balaban J connectivity index is 1.30. The van der Waals surface area contributed by atoms with Gasteiger partial charge in [0.2, 0.25) is 5.91 Å². The van der Waals surface area contributed by atoms with E-state index in [2.05, 4.69) is 9.80 Å². The van der Waals surface area contributed by atoms with Gasteiger partial charge in [-0.05, 0) is 64.1 Å². The molecule has 4 rings (SSSR count). The quantitative estimate of drug-likeness (QED) is 0.798. The number of carbonyl (C=O) groups is 2. The van der Waals surface area contributed by atoms with Crippen molar-refractivity contribution in [3.8, 4) is 0 Å². The van der Waals surface area contributed by atoms with Crippen molar-refractivity contribution in [2.45, 2.75) is 51.5 Å². The Labute approximate surface area is 166 Å². The minimum atomic E-state index is 0.186. The molecule has 3 saturated heterocycles. The average molecular weight is 390 g/mol. The highest BCUT2D eigenvalue weighted by molar-refractivity contribution is 7.13. The van der Waals surface area contributed by atoms with Crippen molar-refractivity contribution in [2.75, 3.05) is 39.3 Å². The maximum Gasteiger partial charge on any atom is 0.263 e. The Kier molecular flexibility index (Phi) is 5.83. The van der Waals surface area contributed by atoms with Crippen LogP contribution in [0.1, 0.15) is 53.1 Å². The minimum absolute atomic E-state index is 0.186. The summed E-state index contributed by atoms with van der Waals surface area (Å²) in [5, 5.41) is 0. The molecule has 3 aliphatic heterocycles. The lowest BCUT2D eigenvalue weighted by Gasteiger charge is -2.42. The number of likely N-dealkylation sites (tertiary alicyclic amines) is 3. The predicted octanol–water partition coefficient (Wildman–Crippen LogP) is 3.00. The van der Waals surface area contributed by atoms with Crippen LogP contribution in [-0.4, -0.2) is 71.8 Å². The Morgan fingerprint density at radius 2 is 1.67 bits per heavy atom. The van der Waals surface area contributed by atoms with Crippen molar-refractivity contribution in [1.29, 1.82) is 0 Å². The topological polar surface area (TPSA) is 43.9 Å². The fraction of sp³-hybridized carbons (Fsp3) is 0.714. The van der Waals surface area contributed by atoms with Gasteiger partial charge >= 0.3 is 0 Å². The second-order valence-electron chi connectivity index (χ2n) is 8.30. The van der Waals surface area contributed by atoms with Crippen LogP contribution in [0.4, 0.5) is 0 Å². The summed E-state index contributed by atoms with van der Waals surface area (Å²) in [4.78, 5) is 34.1. The van der Waals surface area contributed by atoms with E-state index in [1.54, 1.807) is 11.3 Å². The second kappa shape index (κ2) is 8.31. The molecule has 0 N–H and O–H groups in total. The maximum absolute atomic E-state index is 12.8. The molecule has 0 saturated carbocycles. The Morgan fingerprint density at radius 1 is 0.926 bits per heavy atom. The Hall–Kier alpha value is -1.40. The van der Waals surface area contributed by atoms with Crippen LogP contribution >= 0.6 is 11.3 Å². The molecular weight excluding hydrogens is 358 g/mol. The van der Waals surface area contributed by atoms with E-state index in [9.17, 15) is 9.59 Å². The summed E-state index contributed by atoms with van der Waals surface area (Å²) < 4.78 is 0. The first-order chi connectivity index (χ1) is 13.1. The highest BCUT2D eigenvalue weighted by Gasteiger charge is 2.34. The number of hydrogen-bond donors (Lipinski definition) is 0. The van der Waals surface area contributed by atoms with Crippen LogP contribution in [0.2, 0.25) is 0 Å². The van der Waals surface area contributed by atoms with Crippen molar-refractivity contribution in [1.82, 2.24) is 14.7 Å². The number of aryl methyl sites for hydroxylation is 1. The van der Waals surface area contributed by atoms with Gasteiger partial charge in [0.25, 0.3) is 5.91 Å². The van der Waals surface area contributed by atoms with Crippen molar-refractivity contribution >= 4 is 23.2 Å². The van der Waals surface area contributed by atoms with E-state index in [-0.39, 0.29) is 11.8 Å². The van der Waals surface area contributed by atoms with Crippen molar-refractivity contribution in [3.05, 3.63) is 21.9 Å². The maximum atomic E-state index is 12.8. The Bertz CT molecular complexity index is 675. The monoisotopic (exact) mass is 389 g/mol. The lowest BCUT2D eigenvalue weighted by molar-refractivity contribution is -0.136.